The molecule has 1 amide bonds. The first-order valence-electron chi connectivity index (χ1n) is 15.4. The summed E-state index contributed by atoms with van der Waals surface area (Å²) in [5.74, 6) is 0.302. The number of aliphatic hydroxyl groups excluding tert-OH is 1. The lowest BCUT2D eigenvalue weighted by Gasteiger charge is -2.43. The lowest BCUT2D eigenvalue weighted by Crippen LogP contribution is -2.47. The number of likely N-dealkylation sites (tertiary alicyclic amines) is 2. The van der Waals surface area contributed by atoms with E-state index in [1.165, 1.54) is 5.56 Å². The molecular formula is C36H46N2O3. The van der Waals surface area contributed by atoms with E-state index >= 15 is 0 Å². The van der Waals surface area contributed by atoms with Crippen LogP contribution in [0.3, 0.4) is 0 Å². The van der Waals surface area contributed by atoms with Crippen LogP contribution in [0, 0.1) is 5.92 Å². The van der Waals surface area contributed by atoms with Crippen molar-refractivity contribution in [3.63, 3.8) is 0 Å². The van der Waals surface area contributed by atoms with E-state index in [0.717, 1.165) is 81.4 Å². The van der Waals surface area contributed by atoms with Crippen molar-refractivity contribution in [1.82, 2.24) is 9.80 Å². The molecule has 3 aromatic carbocycles. The van der Waals surface area contributed by atoms with Gasteiger partial charge in [-0.05, 0) is 87.0 Å². The summed E-state index contributed by atoms with van der Waals surface area (Å²) in [5.41, 5.74) is 2.60. The predicted octanol–water partition coefficient (Wildman–Crippen LogP) is 5.88. The van der Waals surface area contributed by atoms with Crippen LogP contribution in [0.5, 0.6) is 0 Å². The van der Waals surface area contributed by atoms with E-state index in [1.54, 1.807) is 0 Å². The minimum Gasteiger partial charge on any atom is -0.380 e. The third kappa shape index (κ3) is 6.43. The zero-order valence-electron chi connectivity index (χ0n) is 24.7. The molecule has 2 N–H and O–H groups in total. The summed E-state index contributed by atoms with van der Waals surface area (Å²) in [7, 11) is 0. The lowest BCUT2D eigenvalue weighted by atomic mass is 9.72. The molecule has 0 spiro atoms. The molecule has 2 aliphatic rings. The molecule has 1 atom stereocenters. The second-order valence-electron chi connectivity index (χ2n) is 12.5. The maximum atomic E-state index is 13.0. The van der Waals surface area contributed by atoms with Gasteiger partial charge in [-0.1, -0.05) is 84.9 Å². The molecule has 5 heteroatoms. The molecule has 5 nitrogen and oxygen atoms in total. The van der Waals surface area contributed by atoms with Gasteiger partial charge in [-0.2, -0.15) is 0 Å². The summed E-state index contributed by atoms with van der Waals surface area (Å²) in [6.07, 6.45) is 5.89. The van der Waals surface area contributed by atoms with E-state index in [0.29, 0.717) is 6.42 Å². The van der Waals surface area contributed by atoms with E-state index in [4.69, 9.17) is 0 Å². The standard InChI is InChI=1S/C36H46N2O3/c1-35(2,34(40)38-24-9-10-25-38)29-20-18-28(19-21-29)12-11-17-33(39)37-26-22-32(23-27-37)36(41,30-13-5-3-6-14-30)31-15-7-4-8-16-31/h3-8,13-16,18-21,32-33,39,41H,9-12,17,22-27H2,1-2H3. The van der Waals surface area contributed by atoms with Gasteiger partial charge in [0.05, 0.1) is 5.41 Å². The number of piperidine rings is 1. The monoisotopic (exact) mass is 554 g/mol. The largest absolute Gasteiger partial charge is 0.380 e. The van der Waals surface area contributed by atoms with Gasteiger partial charge in [0.2, 0.25) is 5.91 Å². The summed E-state index contributed by atoms with van der Waals surface area (Å²) in [6, 6.07) is 28.5. The van der Waals surface area contributed by atoms with Crippen molar-refractivity contribution in [2.24, 2.45) is 5.92 Å². The Morgan fingerprint density at radius 2 is 1.34 bits per heavy atom. The Kier molecular flexibility index (Phi) is 9.28. The summed E-state index contributed by atoms with van der Waals surface area (Å²) < 4.78 is 0. The predicted molar refractivity (Wildman–Crippen MR) is 164 cm³/mol. The fraction of sp³-hybridized carbons (Fsp3) is 0.472. The average molecular weight is 555 g/mol. The second kappa shape index (κ2) is 12.9. The van der Waals surface area contributed by atoms with Gasteiger partial charge in [0.15, 0.2) is 0 Å². The quantitative estimate of drug-likeness (QED) is 0.329. The first-order chi connectivity index (χ1) is 19.8. The number of amides is 1. The molecule has 0 aromatic heterocycles. The molecule has 0 radical (unpaired) electrons. The SMILES string of the molecule is CC(C)(C(=O)N1CCCC1)c1ccc(CCCC(O)N2CCC(C(O)(c3ccccc3)c3ccccc3)CC2)cc1. The molecule has 2 saturated heterocycles. The maximum Gasteiger partial charge on any atom is 0.232 e. The fourth-order valence-corrected chi connectivity index (χ4v) is 6.84. The topological polar surface area (TPSA) is 64.0 Å². The number of aryl methyl sites for hydroxylation is 1. The minimum atomic E-state index is -1.04. The molecule has 5 rings (SSSR count). The molecule has 41 heavy (non-hydrogen) atoms. The van der Waals surface area contributed by atoms with Crippen molar-refractivity contribution in [3.8, 4) is 0 Å². The van der Waals surface area contributed by atoms with Crippen molar-refractivity contribution in [2.75, 3.05) is 26.2 Å². The minimum absolute atomic E-state index is 0.0795. The molecule has 3 aromatic rings. The van der Waals surface area contributed by atoms with Gasteiger partial charge in [-0.3, -0.25) is 9.69 Å². The van der Waals surface area contributed by atoms with Gasteiger partial charge in [0.1, 0.15) is 11.8 Å². The maximum absolute atomic E-state index is 13.0. The van der Waals surface area contributed by atoms with Crippen molar-refractivity contribution < 1.29 is 15.0 Å². The summed E-state index contributed by atoms with van der Waals surface area (Å²) >= 11 is 0. The van der Waals surface area contributed by atoms with Crippen molar-refractivity contribution in [2.45, 2.75) is 76.0 Å². The Balaban J connectivity index is 1.13. The fourth-order valence-electron chi connectivity index (χ4n) is 6.84. The highest BCUT2D eigenvalue weighted by Gasteiger charge is 2.42. The lowest BCUT2D eigenvalue weighted by molar-refractivity contribution is -0.135. The van der Waals surface area contributed by atoms with E-state index in [1.807, 2.05) is 79.4 Å². The van der Waals surface area contributed by atoms with Crippen molar-refractivity contribution in [3.05, 3.63) is 107 Å². The number of carbonyl (C=O) groups excluding carboxylic acids is 1. The highest BCUT2D eigenvalue weighted by Crippen LogP contribution is 2.42. The summed E-state index contributed by atoms with van der Waals surface area (Å²) in [6.45, 7) is 7.35. The van der Waals surface area contributed by atoms with Gasteiger partial charge < -0.3 is 15.1 Å². The highest BCUT2D eigenvalue weighted by atomic mass is 16.3. The van der Waals surface area contributed by atoms with Crippen molar-refractivity contribution in [1.29, 1.82) is 0 Å². The Bertz CT molecular complexity index is 1210. The molecular weight excluding hydrogens is 508 g/mol. The molecule has 1 unspecified atom stereocenters. The van der Waals surface area contributed by atoms with Gasteiger partial charge >= 0.3 is 0 Å². The van der Waals surface area contributed by atoms with Crippen LogP contribution >= 0.6 is 0 Å². The number of nitrogens with zero attached hydrogens (tertiary/aromatic N) is 2. The normalized spacial score (nSPS) is 18.0. The summed E-state index contributed by atoms with van der Waals surface area (Å²) in [5, 5.41) is 23.1. The van der Waals surface area contributed by atoms with Crippen molar-refractivity contribution >= 4 is 5.91 Å². The van der Waals surface area contributed by atoms with E-state index in [9.17, 15) is 15.0 Å². The number of aliphatic hydroxyl groups is 2. The third-order valence-corrected chi connectivity index (χ3v) is 9.50. The molecule has 0 saturated carbocycles. The van der Waals surface area contributed by atoms with Crippen LogP contribution in [0.4, 0.5) is 0 Å². The first kappa shape index (κ1) is 29.5. The van der Waals surface area contributed by atoms with Crippen LogP contribution in [0.15, 0.2) is 84.9 Å². The molecule has 2 heterocycles. The second-order valence-corrected chi connectivity index (χ2v) is 12.5. The number of hydrogen-bond donors (Lipinski definition) is 2. The number of benzene rings is 3. The number of rotatable bonds is 10. The van der Waals surface area contributed by atoms with Crippen LogP contribution in [0.1, 0.15) is 74.6 Å². The average Bonchev–Trinajstić information content (AvgIpc) is 3.56. The molecule has 2 fully saturated rings. The zero-order valence-corrected chi connectivity index (χ0v) is 24.7. The summed E-state index contributed by atoms with van der Waals surface area (Å²) in [4.78, 5) is 17.2. The molecule has 0 bridgehead atoms. The van der Waals surface area contributed by atoms with Gasteiger partial charge in [-0.25, -0.2) is 0 Å². The molecule has 0 aliphatic carbocycles. The highest BCUT2D eigenvalue weighted by molar-refractivity contribution is 5.87. The smallest absolute Gasteiger partial charge is 0.232 e. The molecule has 218 valence electrons. The van der Waals surface area contributed by atoms with Crippen LogP contribution in [-0.4, -0.2) is 58.3 Å². The van der Waals surface area contributed by atoms with Crippen LogP contribution in [0.2, 0.25) is 0 Å². The van der Waals surface area contributed by atoms with Gasteiger partial charge in [-0.15, -0.1) is 0 Å². The Morgan fingerprint density at radius 3 is 1.88 bits per heavy atom. The number of hydrogen-bond acceptors (Lipinski definition) is 4. The van der Waals surface area contributed by atoms with Crippen LogP contribution in [0.25, 0.3) is 0 Å². The zero-order chi connectivity index (χ0) is 28.9. The van der Waals surface area contributed by atoms with Crippen LogP contribution < -0.4 is 0 Å². The Labute approximate surface area is 245 Å². The van der Waals surface area contributed by atoms with E-state index in [2.05, 4.69) is 29.2 Å². The van der Waals surface area contributed by atoms with E-state index in [-0.39, 0.29) is 11.8 Å². The first-order valence-corrected chi connectivity index (χ1v) is 15.4. The Morgan fingerprint density at radius 1 is 0.805 bits per heavy atom. The van der Waals surface area contributed by atoms with E-state index < -0.39 is 17.2 Å². The van der Waals surface area contributed by atoms with Crippen LogP contribution in [-0.2, 0) is 22.2 Å². The third-order valence-electron chi connectivity index (χ3n) is 9.50. The van der Waals surface area contributed by atoms with Gasteiger partial charge in [0, 0.05) is 26.2 Å². The molecule has 2 aliphatic heterocycles. The number of carbonyl (C=O) groups is 1. The van der Waals surface area contributed by atoms with Gasteiger partial charge in [0.25, 0.3) is 0 Å². The Hall–Kier alpha value is -2.99.